The Bertz CT molecular complexity index is 543. The number of amides is 2. The minimum absolute atomic E-state index is 0.148. The molecular weight excluding hydrogens is 339 g/mol. The summed E-state index contributed by atoms with van der Waals surface area (Å²) in [6, 6.07) is 17.1. The van der Waals surface area contributed by atoms with Gasteiger partial charge in [0.2, 0.25) is 0 Å². The zero-order valence-corrected chi connectivity index (χ0v) is 12.1. The summed E-state index contributed by atoms with van der Waals surface area (Å²) < 4.78 is 1.02. The molecule has 0 aliphatic rings. The Labute approximate surface area is 120 Å². The molecular formula is C14H13IN2O. The summed E-state index contributed by atoms with van der Waals surface area (Å²) in [5, 5.41) is 2.89. The molecule has 2 amide bonds. The SMILES string of the molecule is CN(C(=O)Nc1ccccc1I)c1ccccc1. The fourth-order valence-corrected chi connectivity index (χ4v) is 2.05. The molecule has 3 nitrogen and oxygen atoms in total. The van der Waals surface area contributed by atoms with E-state index in [0.29, 0.717) is 0 Å². The summed E-state index contributed by atoms with van der Waals surface area (Å²) in [7, 11) is 1.75. The predicted octanol–water partition coefficient (Wildman–Crippen LogP) is 3.96. The molecule has 0 aliphatic heterocycles. The molecule has 0 spiro atoms. The summed E-state index contributed by atoms with van der Waals surface area (Å²) in [5.74, 6) is 0. The number of benzene rings is 2. The smallest absolute Gasteiger partial charge is 0.307 e. The number of hydrogen-bond donors (Lipinski definition) is 1. The van der Waals surface area contributed by atoms with E-state index in [1.54, 1.807) is 11.9 Å². The molecule has 18 heavy (non-hydrogen) atoms. The van der Waals surface area contributed by atoms with Crippen LogP contribution in [-0.4, -0.2) is 13.1 Å². The largest absolute Gasteiger partial charge is 0.326 e. The van der Waals surface area contributed by atoms with E-state index in [9.17, 15) is 4.79 Å². The summed E-state index contributed by atoms with van der Waals surface area (Å²) in [6.07, 6.45) is 0. The van der Waals surface area contributed by atoms with E-state index in [1.165, 1.54) is 0 Å². The van der Waals surface area contributed by atoms with Gasteiger partial charge in [0, 0.05) is 16.3 Å². The number of carbonyl (C=O) groups excluding carboxylic acids is 1. The van der Waals surface area contributed by atoms with Crippen LogP contribution >= 0.6 is 22.6 Å². The third-order valence-electron chi connectivity index (χ3n) is 2.56. The number of urea groups is 1. The second kappa shape index (κ2) is 5.86. The first-order chi connectivity index (χ1) is 8.68. The maximum atomic E-state index is 12.1. The van der Waals surface area contributed by atoms with E-state index in [-0.39, 0.29) is 6.03 Å². The number of halogens is 1. The molecule has 0 radical (unpaired) electrons. The first-order valence-corrected chi connectivity index (χ1v) is 6.60. The fraction of sp³-hybridized carbons (Fsp3) is 0.0714. The first kappa shape index (κ1) is 12.9. The van der Waals surface area contributed by atoms with Crippen molar-refractivity contribution < 1.29 is 4.79 Å². The van der Waals surface area contributed by atoms with Gasteiger partial charge in [0.15, 0.2) is 0 Å². The van der Waals surface area contributed by atoms with Crippen LogP contribution < -0.4 is 10.2 Å². The van der Waals surface area contributed by atoms with Crippen LogP contribution in [-0.2, 0) is 0 Å². The van der Waals surface area contributed by atoms with Crippen LogP contribution in [0.15, 0.2) is 54.6 Å². The van der Waals surface area contributed by atoms with Crippen molar-refractivity contribution in [3.8, 4) is 0 Å². The molecule has 0 heterocycles. The number of rotatable bonds is 2. The zero-order valence-electron chi connectivity index (χ0n) is 9.93. The van der Waals surface area contributed by atoms with Crippen molar-refractivity contribution in [2.24, 2.45) is 0 Å². The van der Waals surface area contributed by atoms with Crippen LogP contribution in [0.4, 0.5) is 16.2 Å². The Hall–Kier alpha value is -1.56. The van der Waals surface area contributed by atoms with Crippen molar-refractivity contribution in [2.75, 3.05) is 17.3 Å². The van der Waals surface area contributed by atoms with Gasteiger partial charge < -0.3 is 5.32 Å². The Morgan fingerprint density at radius 1 is 1.06 bits per heavy atom. The molecule has 92 valence electrons. The molecule has 0 atom stereocenters. The highest BCUT2D eigenvalue weighted by Crippen LogP contribution is 2.18. The second-order valence-electron chi connectivity index (χ2n) is 3.80. The summed E-state index contributed by atoms with van der Waals surface area (Å²) in [5.41, 5.74) is 1.69. The van der Waals surface area contributed by atoms with Crippen molar-refractivity contribution >= 4 is 40.0 Å². The number of anilines is 2. The Morgan fingerprint density at radius 3 is 2.33 bits per heavy atom. The molecule has 0 aliphatic carbocycles. The Balaban J connectivity index is 2.12. The van der Waals surface area contributed by atoms with Crippen molar-refractivity contribution in [1.82, 2.24) is 0 Å². The third-order valence-corrected chi connectivity index (χ3v) is 3.50. The van der Waals surface area contributed by atoms with Gasteiger partial charge >= 0.3 is 6.03 Å². The average molecular weight is 352 g/mol. The molecule has 2 aromatic carbocycles. The number of para-hydroxylation sites is 2. The predicted molar refractivity (Wildman–Crippen MR) is 83.0 cm³/mol. The van der Waals surface area contributed by atoms with Crippen LogP contribution in [0.3, 0.4) is 0 Å². The standard InChI is InChI=1S/C14H13IN2O/c1-17(11-7-3-2-4-8-11)14(18)16-13-10-6-5-9-12(13)15/h2-10H,1H3,(H,16,18). The molecule has 0 bridgehead atoms. The molecule has 2 rings (SSSR count). The van der Waals surface area contributed by atoms with E-state index in [2.05, 4.69) is 27.9 Å². The molecule has 2 aromatic rings. The van der Waals surface area contributed by atoms with Crippen molar-refractivity contribution in [3.63, 3.8) is 0 Å². The molecule has 0 saturated carbocycles. The summed E-state index contributed by atoms with van der Waals surface area (Å²) in [6.45, 7) is 0. The van der Waals surface area contributed by atoms with Crippen molar-refractivity contribution in [2.45, 2.75) is 0 Å². The van der Waals surface area contributed by atoms with Crippen LogP contribution in [0.1, 0.15) is 0 Å². The summed E-state index contributed by atoms with van der Waals surface area (Å²) >= 11 is 2.20. The highest BCUT2D eigenvalue weighted by Gasteiger charge is 2.11. The van der Waals surface area contributed by atoms with Gasteiger partial charge in [-0.15, -0.1) is 0 Å². The van der Waals surface area contributed by atoms with Gasteiger partial charge in [-0.05, 0) is 46.9 Å². The normalized spacial score (nSPS) is 9.89. The molecule has 0 aromatic heterocycles. The van der Waals surface area contributed by atoms with Crippen LogP contribution in [0.2, 0.25) is 0 Å². The highest BCUT2D eigenvalue weighted by atomic mass is 127. The van der Waals surface area contributed by atoms with E-state index in [4.69, 9.17) is 0 Å². The van der Waals surface area contributed by atoms with Gasteiger partial charge in [0.05, 0.1) is 5.69 Å². The molecule has 4 heteroatoms. The van der Waals surface area contributed by atoms with Crippen molar-refractivity contribution in [1.29, 1.82) is 0 Å². The quantitative estimate of drug-likeness (QED) is 0.816. The lowest BCUT2D eigenvalue weighted by Gasteiger charge is -2.18. The molecule has 1 N–H and O–H groups in total. The summed E-state index contributed by atoms with van der Waals surface area (Å²) in [4.78, 5) is 13.7. The average Bonchev–Trinajstić information content (AvgIpc) is 2.41. The minimum Gasteiger partial charge on any atom is -0.307 e. The number of carbonyl (C=O) groups is 1. The van der Waals surface area contributed by atoms with Gasteiger partial charge in [0.25, 0.3) is 0 Å². The van der Waals surface area contributed by atoms with Gasteiger partial charge in [-0.3, -0.25) is 4.90 Å². The molecule has 0 fully saturated rings. The first-order valence-electron chi connectivity index (χ1n) is 5.53. The van der Waals surface area contributed by atoms with E-state index >= 15 is 0 Å². The van der Waals surface area contributed by atoms with Crippen LogP contribution in [0, 0.1) is 3.57 Å². The lowest BCUT2D eigenvalue weighted by molar-refractivity contribution is 0.258. The van der Waals surface area contributed by atoms with Gasteiger partial charge in [-0.1, -0.05) is 30.3 Å². The monoisotopic (exact) mass is 352 g/mol. The highest BCUT2D eigenvalue weighted by molar-refractivity contribution is 14.1. The third kappa shape index (κ3) is 3.01. The molecule has 0 saturated heterocycles. The zero-order chi connectivity index (χ0) is 13.0. The maximum absolute atomic E-state index is 12.1. The topological polar surface area (TPSA) is 32.3 Å². The Kier molecular flexibility index (Phi) is 4.19. The number of nitrogens with one attached hydrogen (secondary N) is 1. The van der Waals surface area contributed by atoms with E-state index in [1.807, 2.05) is 54.6 Å². The fourth-order valence-electron chi connectivity index (χ4n) is 1.53. The van der Waals surface area contributed by atoms with E-state index < -0.39 is 0 Å². The van der Waals surface area contributed by atoms with Gasteiger partial charge in [0.1, 0.15) is 0 Å². The number of nitrogens with zero attached hydrogens (tertiary/aromatic N) is 1. The number of hydrogen-bond acceptors (Lipinski definition) is 1. The lowest BCUT2D eigenvalue weighted by atomic mass is 10.3. The van der Waals surface area contributed by atoms with Crippen molar-refractivity contribution in [3.05, 3.63) is 58.2 Å². The van der Waals surface area contributed by atoms with E-state index in [0.717, 1.165) is 14.9 Å². The van der Waals surface area contributed by atoms with Crippen LogP contribution in [0.5, 0.6) is 0 Å². The molecule has 0 unspecified atom stereocenters. The van der Waals surface area contributed by atoms with Gasteiger partial charge in [-0.2, -0.15) is 0 Å². The second-order valence-corrected chi connectivity index (χ2v) is 4.97. The Morgan fingerprint density at radius 2 is 1.67 bits per heavy atom. The minimum atomic E-state index is -0.148. The maximum Gasteiger partial charge on any atom is 0.326 e. The van der Waals surface area contributed by atoms with Crippen LogP contribution in [0.25, 0.3) is 0 Å². The van der Waals surface area contributed by atoms with Gasteiger partial charge in [-0.25, -0.2) is 4.79 Å². The lowest BCUT2D eigenvalue weighted by Crippen LogP contribution is -2.31.